The first-order valence-corrected chi connectivity index (χ1v) is 13.6. The predicted octanol–water partition coefficient (Wildman–Crippen LogP) is 4.22. The van der Waals surface area contributed by atoms with Crippen molar-refractivity contribution in [2.24, 2.45) is 5.92 Å². The number of hydrogen-bond donors (Lipinski definition) is 3. The van der Waals surface area contributed by atoms with E-state index in [1.807, 2.05) is 25.1 Å². The molecule has 4 rings (SSSR count). The van der Waals surface area contributed by atoms with E-state index in [4.69, 9.17) is 9.26 Å². The van der Waals surface area contributed by atoms with E-state index < -0.39 is 6.03 Å². The molecule has 2 aromatic carbocycles. The third-order valence-electron chi connectivity index (χ3n) is 7.23. The summed E-state index contributed by atoms with van der Waals surface area (Å²) in [5, 5.41) is 19.3. The number of rotatable bonds is 8. The van der Waals surface area contributed by atoms with Crippen LogP contribution in [-0.2, 0) is 17.8 Å². The van der Waals surface area contributed by atoms with Gasteiger partial charge in [-0.05, 0) is 51.6 Å². The third kappa shape index (κ3) is 7.19. The molecule has 2 heterocycles. The number of nitrogens with one attached hydrogen (secondary N) is 2. The van der Waals surface area contributed by atoms with Crippen molar-refractivity contribution in [3.63, 3.8) is 0 Å². The van der Waals surface area contributed by atoms with Crippen LogP contribution in [0.4, 0.5) is 16.2 Å². The molecule has 0 aliphatic carbocycles. The van der Waals surface area contributed by atoms with Gasteiger partial charge < -0.3 is 29.9 Å². The molecule has 0 bridgehead atoms. The molecule has 1 aliphatic rings. The van der Waals surface area contributed by atoms with Crippen molar-refractivity contribution in [1.29, 1.82) is 0 Å². The molecule has 214 valence electrons. The molecular weight excluding hydrogens is 510 g/mol. The standard InChI is InChI=1S/C30H39N5O5/c1-19-15-35(20(2)18-36)28(37)14-24-13-25(31-30(38)32-29-21(3)33-40-22(29)4)11-12-26(24)39-27(19)17-34(5)16-23-9-7-6-8-10-23/h6-13,19-20,27,36H,14-18H2,1-5H3,(H2,31,32,38)/t19-,20+,27+/m0/s1. The van der Waals surface area contributed by atoms with E-state index in [0.29, 0.717) is 47.2 Å². The molecular formula is C30H39N5O5. The summed E-state index contributed by atoms with van der Waals surface area (Å²) < 4.78 is 11.7. The van der Waals surface area contributed by atoms with Gasteiger partial charge in [0.1, 0.15) is 23.2 Å². The van der Waals surface area contributed by atoms with Crippen LogP contribution in [0.15, 0.2) is 53.1 Å². The number of aryl methyl sites for hydroxylation is 2. The molecule has 0 spiro atoms. The molecule has 1 aromatic heterocycles. The normalized spacial score (nSPS) is 18.3. The zero-order valence-corrected chi connectivity index (χ0v) is 23.8. The molecule has 10 nitrogen and oxygen atoms in total. The zero-order chi connectivity index (χ0) is 28.8. The Bertz CT molecular complexity index is 1290. The second kappa shape index (κ2) is 13.0. The number of urea groups is 1. The highest BCUT2D eigenvalue weighted by atomic mass is 16.5. The summed E-state index contributed by atoms with van der Waals surface area (Å²) in [6, 6.07) is 14.8. The van der Waals surface area contributed by atoms with Gasteiger partial charge in [0.05, 0.1) is 19.1 Å². The van der Waals surface area contributed by atoms with Crippen LogP contribution in [0.5, 0.6) is 5.75 Å². The fourth-order valence-electron chi connectivity index (χ4n) is 4.93. The smallest absolute Gasteiger partial charge is 0.323 e. The predicted molar refractivity (Wildman–Crippen MR) is 153 cm³/mol. The van der Waals surface area contributed by atoms with Gasteiger partial charge in [-0.15, -0.1) is 0 Å². The first-order valence-electron chi connectivity index (χ1n) is 13.6. The van der Waals surface area contributed by atoms with Crippen molar-refractivity contribution in [3.8, 4) is 5.75 Å². The minimum atomic E-state index is -0.450. The van der Waals surface area contributed by atoms with Crippen LogP contribution in [0.1, 0.15) is 36.4 Å². The number of nitrogens with zero attached hydrogens (tertiary/aromatic N) is 3. The number of carbonyl (C=O) groups excluding carboxylic acids is 2. The summed E-state index contributed by atoms with van der Waals surface area (Å²) in [5.74, 6) is 1.01. The van der Waals surface area contributed by atoms with E-state index in [0.717, 1.165) is 6.54 Å². The molecule has 0 saturated heterocycles. The molecule has 1 aliphatic heterocycles. The number of aliphatic hydroxyl groups is 1. The monoisotopic (exact) mass is 549 g/mol. The van der Waals surface area contributed by atoms with Gasteiger partial charge in [-0.2, -0.15) is 0 Å². The van der Waals surface area contributed by atoms with Gasteiger partial charge in [-0.25, -0.2) is 4.79 Å². The molecule has 0 unspecified atom stereocenters. The first-order chi connectivity index (χ1) is 19.1. The molecule has 3 atom stereocenters. The van der Waals surface area contributed by atoms with E-state index in [-0.39, 0.29) is 37.0 Å². The van der Waals surface area contributed by atoms with E-state index in [1.165, 1.54) is 5.56 Å². The summed E-state index contributed by atoms with van der Waals surface area (Å²) in [6.07, 6.45) is -0.131. The largest absolute Gasteiger partial charge is 0.488 e. The van der Waals surface area contributed by atoms with Gasteiger partial charge in [-0.3, -0.25) is 9.69 Å². The van der Waals surface area contributed by atoms with Crippen LogP contribution in [0.3, 0.4) is 0 Å². The molecule has 3 amide bonds. The van der Waals surface area contributed by atoms with Gasteiger partial charge in [0.2, 0.25) is 5.91 Å². The number of aliphatic hydroxyl groups excluding tert-OH is 1. The maximum atomic E-state index is 13.5. The molecule has 3 aromatic rings. The highest BCUT2D eigenvalue weighted by Crippen LogP contribution is 2.29. The second-order valence-corrected chi connectivity index (χ2v) is 10.7. The minimum Gasteiger partial charge on any atom is -0.488 e. The Labute approximate surface area is 235 Å². The van der Waals surface area contributed by atoms with Gasteiger partial charge >= 0.3 is 6.03 Å². The summed E-state index contributed by atoms with van der Waals surface area (Å²) >= 11 is 0. The molecule has 40 heavy (non-hydrogen) atoms. The molecule has 0 fully saturated rings. The van der Waals surface area contributed by atoms with Crippen LogP contribution in [0, 0.1) is 19.8 Å². The Hall–Kier alpha value is -3.89. The van der Waals surface area contributed by atoms with Crippen LogP contribution in [0.2, 0.25) is 0 Å². The van der Waals surface area contributed by atoms with E-state index in [2.05, 4.69) is 46.8 Å². The lowest BCUT2D eigenvalue weighted by Gasteiger charge is -2.34. The number of hydrogen-bond acceptors (Lipinski definition) is 7. The van der Waals surface area contributed by atoms with Gasteiger partial charge in [-0.1, -0.05) is 42.4 Å². The van der Waals surface area contributed by atoms with Crippen LogP contribution < -0.4 is 15.4 Å². The maximum absolute atomic E-state index is 13.5. The number of fused-ring (bicyclic) bond motifs is 1. The second-order valence-electron chi connectivity index (χ2n) is 10.7. The third-order valence-corrected chi connectivity index (χ3v) is 7.23. The summed E-state index contributed by atoms with van der Waals surface area (Å²) in [5.41, 5.74) is 3.49. The Morgan fingerprint density at radius 1 is 1.20 bits per heavy atom. The van der Waals surface area contributed by atoms with Gasteiger partial charge in [0, 0.05) is 36.8 Å². The Kier molecular flexibility index (Phi) is 9.44. The highest BCUT2D eigenvalue weighted by Gasteiger charge is 2.31. The van der Waals surface area contributed by atoms with Crippen molar-refractivity contribution in [1.82, 2.24) is 15.0 Å². The molecule has 10 heteroatoms. The first kappa shape index (κ1) is 29.1. The van der Waals surface area contributed by atoms with Gasteiger partial charge in [0.15, 0.2) is 5.76 Å². The Morgan fingerprint density at radius 3 is 2.62 bits per heavy atom. The topological polar surface area (TPSA) is 120 Å². The van der Waals surface area contributed by atoms with Crippen molar-refractivity contribution in [2.75, 3.05) is 37.4 Å². The number of amides is 3. The number of likely N-dealkylation sites (N-methyl/N-ethyl adjacent to an activating group) is 1. The molecule has 0 saturated carbocycles. The molecule has 3 N–H and O–H groups in total. The van der Waals surface area contributed by atoms with Crippen molar-refractivity contribution in [3.05, 3.63) is 71.1 Å². The van der Waals surface area contributed by atoms with Crippen molar-refractivity contribution < 1.29 is 24.0 Å². The Balaban J connectivity index is 1.57. The zero-order valence-electron chi connectivity index (χ0n) is 23.8. The lowest BCUT2D eigenvalue weighted by molar-refractivity contribution is -0.134. The number of anilines is 2. The van der Waals surface area contributed by atoms with Crippen LogP contribution >= 0.6 is 0 Å². The van der Waals surface area contributed by atoms with Gasteiger partial charge in [0.25, 0.3) is 0 Å². The lowest BCUT2D eigenvalue weighted by Crippen LogP contribution is -2.47. The maximum Gasteiger partial charge on any atom is 0.323 e. The van der Waals surface area contributed by atoms with E-state index in [1.54, 1.807) is 36.9 Å². The summed E-state index contributed by atoms with van der Waals surface area (Å²) in [6.45, 7) is 9.13. The minimum absolute atomic E-state index is 0.000696. The average Bonchev–Trinajstić information content (AvgIpc) is 3.25. The quantitative estimate of drug-likeness (QED) is 0.385. The van der Waals surface area contributed by atoms with Crippen molar-refractivity contribution in [2.45, 2.75) is 52.8 Å². The number of carbonyl (C=O) groups is 2. The highest BCUT2D eigenvalue weighted by molar-refractivity contribution is 6.00. The summed E-state index contributed by atoms with van der Waals surface area (Å²) in [7, 11) is 2.06. The fourth-order valence-corrected chi connectivity index (χ4v) is 4.93. The van der Waals surface area contributed by atoms with Crippen LogP contribution in [0.25, 0.3) is 0 Å². The summed E-state index contributed by atoms with van der Waals surface area (Å²) in [4.78, 5) is 30.1. The molecule has 0 radical (unpaired) electrons. The van der Waals surface area contributed by atoms with Crippen LogP contribution in [-0.4, -0.2) is 70.9 Å². The fraction of sp³-hybridized carbons (Fsp3) is 0.433. The Morgan fingerprint density at radius 2 is 1.95 bits per heavy atom. The van der Waals surface area contributed by atoms with Crippen molar-refractivity contribution >= 4 is 23.3 Å². The average molecular weight is 550 g/mol. The van der Waals surface area contributed by atoms with E-state index >= 15 is 0 Å². The lowest BCUT2D eigenvalue weighted by atomic mass is 10.0. The number of benzene rings is 2. The number of ether oxygens (including phenoxy) is 1. The van der Waals surface area contributed by atoms with E-state index in [9.17, 15) is 14.7 Å². The number of aromatic nitrogens is 1. The SMILES string of the molecule is Cc1noc(C)c1NC(=O)Nc1ccc2c(c1)CC(=O)N([C@H](C)CO)C[C@H](C)[C@@H](CN(C)Cc1ccccc1)O2.